The van der Waals surface area contributed by atoms with Gasteiger partial charge >= 0.3 is 12.1 Å². The minimum absolute atomic E-state index is 0.0443. The van der Waals surface area contributed by atoms with Crippen LogP contribution in [0.3, 0.4) is 0 Å². The van der Waals surface area contributed by atoms with Crippen LogP contribution in [0.5, 0.6) is 40.5 Å². The van der Waals surface area contributed by atoms with E-state index in [2.05, 4.69) is 21.9 Å². The van der Waals surface area contributed by atoms with Gasteiger partial charge in [-0.05, 0) is 48.4 Å². The maximum atomic E-state index is 11.5. The zero-order valence-corrected chi connectivity index (χ0v) is 33.6. The summed E-state index contributed by atoms with van der Waals surface area (Å²) in [7, 11) is 9.33. The fourth-order valence-corrected chi connectivity index (χ4v) is 6.27. The second kappa shape index (κ2) is 20.7. The van der Waals surface area contributed by atoms with E-state index in [-0.39, 0.29) is 31.9 Å². The third kappa shape index (κ3) is 10.8. The van der Waals surface area contributed by atoms with Gasteiger partial charge in [-0.25, -0.2) is 14.3 Å². The summed E-state index contributed by atoms with van der Waals surface area (Å²) in [5.74, 6) is 4.14. The normalized spacial score (nSPS) is 11.4. The topological polar surface area (TPSA) is 169 Å². The fourth-order valence-electron chi connectivity index (χ4n) is 6.27. The van der Waals surface area contributed by atoms with Crippen molar-refractivity contribution >= 4 is 17.6 Å². The number of nitrogens with zero attached hydrogens (tertiary/aromatic N) is 5. The summed E-state index contributed by atoms with van der Waals surface area (Å²) in [6.45, 7) is 3.14. The summed E-state index contributed by atoms with van der Waals surface area (Å²) in [5.41, 5.74) is 3.87. The molecule has 0 saturated carbocycles. The highest BCUT2D eigenvalue weighted by molar-refractivity contribution is 5.67. The molecule has 0 radical (unpaired) electrons. The molecule has 0 bridgehead atoms. The van der Waals surface area contributed by atoms with Crippen LogP contribution in [-0.2, 0) is 24.2 Å². The lowest BCUT2D eigenvalue weighted by Gasteiger charge is -2.27. The highest BCUT2D eigenvalue weighted by Crippen LogP contribution is 2.34. The molecule has 0 fully saturated rings. The number of benzene rings is 3. The first-order valence-corrected chi connectivity index (χ1v) is 18.6. The second-order valence-corrected chi connectivity index (χ2v) is 12.9. The molecule has 0 spiro atoms. The van der Waals surface area contributed by atoms with Crippen LogP contribution in [0.15, 0.2) is 60.8 Å². The van der Waals surface area contributed by atoms with E-state index in [0.29, 0.717) is 78.3 Å². The first kappa shape index (κ1) is 42.0. The highest BCUT2D eigenvalue weighted by atomic mass is 16.5. The average molecular weight is 789 g/mol. The molecule has 2 N–H and O–H groups in total. The van der Waals surface area contributed by atoms with Crippen molar-refractivity contribution < 1.29 is 47.8 Å². The van der Waals surface area contributed by atoms with Crippen LogP contribution in [-0.4, -0.2) is 99.3 Å². The van der Waals surface area contributed by atoms with E-state index in [4.69, 9.17) is 48.2 Å². The summed E-state index contributed by atoms with van der Waals surface area (Å²) in [5, 5.41) is 17.3. The van der Waals surface area contributed by atoms with Crippen LogP contribution in [0.25, 0.3) is 5.65 Å². The fraction of sp³-hybridized carbons (Fsp3) is 0.415. The van der Waals surface area contributed by atoms with Crippen LogP contribution in [0.2, 0.25) is 0 Å². The van der Waals surface area contributed by atoms with E-state index in [1.807, 2.05) is 54.6 Å². The lowest BCUT2D eigenvalue weighted by molar-refractivity contribution is 0.133. The molecule has 1 unspecified atom stereocenters. The van der Waals surface area contributed by atoms with Crippen molar-refractivity contribution in [3.63, 3.8) is 0 Å². The lowest BCUT2D eigenvalue weighted by atomic mass is 10.1. The Morgan fingerprint density at radius 2 is 1.49 bits per heavy atom. The van der Waals surface area contributed by atoms with Crippen LogP contribution in [0.4, 0.5) is 10.6 Å². The molecular weight excluding hydrogens is 736 g/mol. The van der Waals surface area contributed by atoms with Gasteiger partial charge in [0.05, 0.1) is 61.1 Å². The molecule has 16 nitrogen and oxygen atoms in total. The molecule has 2 aromatic heterocycles. The first-order chi connectivity index (χ1) is 27.8. The number of nitrogens with one attached hydrogen (secondary N) is 1. The van der Waals surface area contributed by atoms with Gasteiger partial charge in [0, 0.05) is 55.8 Å². The van der Waals surface area contributed by atoms with Gasteiger partial charge in [-0.3, -0.25) is 0 Å². The minimum atomic E-state index is -0.543. The summed E-state index contributed by atoms with van der Waals surface area (Å²) in [4.78, 5) is 23.5. The number of ether oxygens (including phenoxy) is 8. The molecule has 16 heteroatoms. The Balaban J connectivity index is 1.62. The van der Waals surface area contributed by atoms with Crippen molar-refractivity contribution in [1.82, 2.24) is 24.9 Å². The van der Waals surface area contributed by atoms with Crippen molar-refractivity contribution in [3.8, 4) is 40.5 Å². The Kier molecular flexibility index (Phi) is 15.2. The number of carbonyl (C=O) groups excluding carboxylic acids is 1. The van der Waals surface area contributed by atoms with E-state index in [0.717, 1.165) is 28.8 Å². The second-order valence-electron chi connectivity index (χ2n) is 12.9. The van der Waals surface area contributed by atoms with Crippen LogP contribution in [0.1, 0.15) is 48.6 Å². The quantitative estimate of drug-likeness (QED) is 0.0828. The van der Waals surface area contributed by atoms with E-state index in [1.54, 1.807) is 46.3 Å². The van der Waals surface area contributed by atoms with Gasteiger partial charge in [0.15, 0.2) is 23.0 Å². The number of fused-ring (bicyclic) bond motifs is 1. The van der Waals surface area contributed by atoms with Crippen molar-refractivity contribution in [2.24, 2.45) is 0 Å². The lowest BCUT2D eigenvalue weighted by Crippen LogP contribution is -2.27. The molecule has 57 heavy (non-hydrogen) atoms. The number of rotatable bonds is 22. The maximum Gasteiger partial charge on any atom is 0.406 e. The predicted molar refractivity (Wildman–Crippen MR) is 212 cm³/mol. The summed E-state index contributed by atoms with van der Waals surface area (Å²) in [6.07, 6.45) is 3.28. The molecule has 3 aromatic carbocycles. The van der Waals surface area contributed by atoms with E-state index in [9.17, 15) is 9.90 Å². The average Bonchev–Trinajstić information content (AvgIpc) is 3.64. The van der Waals surface area contributed by atoms with Crippen molar-refractivity contribution in [1.29, 1.82) is 0 Å². The summed E-state index contributed by atoms with van der Waals surface area (Å²) >= 11 is 0. The van der Waals surface area contributed by atoms with Crippen molar-refractivity contribution in [2.75, 3.05) is 67.3 Å². The van der Waals surface area contributed by atoms with Crippen LogP contribution in [0, 0.1) is 0 Å². The van der Waals surface area contributed by atoms with E-state index < -0.39 is 6.09 Å². The number of methoxy groups -OCH3 is 6. The Hall–Kier alpha value is -6.16. The predicted octanol–water partition coefficient (Wildman–Crippen LogP) is 5.63. The number of carbonyl (C=O) groups is 1. The number of hydrogen-bond acceptors (Lipinski definition) is 14. The number of aliphatic hydroxyl groups is 1. The van der Waals surface area contributed by atoms with Crippen LogP contribution < -0.4 is 43.4 Å². The zero-order valence-electron chi connectivity index (χ0n) is 33.6. The largest absolute Gasteiger partial charge is 0.497 e. The molecule has 1 atom stereocenters. The van der Waals surface area contributed by atoms with E-state index >= 15 is 0 Å². The van der Waals surface area contributed by atoms with Crippen molar-refractivity contribution in [3.05, 3.63) is 83.2 Å². The van der Waals surface area contributed by atoms with Crippen molar-refractivity contribution in [2.45, 2.75) is 51.8 Å². The number of anilines is 1. The minimum Gasteiger partial charge on any atom is -0.497 e. The number of aromatic nitrogens is 4. The summed E-state index contributed by atoms with van der Waals surface area (Å²) in [6, 6.07) is 17.1. The number of imidazole rings is 1. The smallest absolute Gasteiger partial charge is 0.406 e. The van der Waals surface area contributed by atoms with Gasteiger partial charge in [0.2, 0.25) is 0 Å². The number of alkyl carbamates (subject to hydrolysis) is 1. The summed E-state index contributed by atoms with van der Waals surface area (Å²) < 4.78 is 47.0. The van der Waals surface area contributed by atoms with E-state index in [1.165, 1.54) is 7.11 Å². The molecule has 5 rings (SSSR count). The van der Waals surface area contributed by atoms with Gasteiger partial charge in [-0.2, -0.15) is 4.98 Å². The SMILES string of the molecule is CCCC(CCO)Oc1nc(N(Cc2ccc(OC)cc2OC)Cc2ccc(OC)cc2OC)c2ncc(Cc3ccc(OC)c(OCCNC(=O)OC)c3)n2n1. The third-order valence-corrected chi connectivity index (χ3v) is 9.17. The molecule has 2 heterocycles. The number of amides is 1. The maximum absolute atomic E-state index is 11.5. The number of hydrogen-bond donors (Lipinski definition) is 2. The third-order valence-electron chi connectivity index (χ3n) is 9.17. The monoisotopic (exact) mass is 788 g/mol. The highest BCUT2D eigenvalue weighted by Gasteiger charge is 2.24. The molecule has 306 valence electrons. The molecule has 1 amide bonds. The molecule has 0 aliphatic heterocycles. The van der Waals surface area contributed by atoms with Crippen LogP contribution >= 0.6 is 0 Å². The Morgan fingerprint density at radius 1 is 0.825 bits per heavy atom. The van der Waals surface area contributed by atoms with Gasteiger partial charge in [0.25, 0.3) is 0 Å². The van der Waals surface area contributed by atoms with Gasteiger partial charge < -0.3 is 53.2 Å². The Bertz CT molecular complexity index is 2010. The molecule has 0 aliphatic rings. The van der Waals surface area contributed by atoms with Gasteiger partial charge in [-0.15, -0.1) is 5.10 Å². The molecule has 0 saturated heterocycles. The zero-order chi connectivity index (χ0) is 40.7. The standard InChI is InChI=1S/C41H52N6O10/c1-8-9-31(16-18-48)57-40-44-39(46(25-28-11-13-32(50-2)22-35(28)53-5)26-29-12-14-33(51-3)23-36(29)54-6)38-43-24-30(47(38)45-40)20-27-10-15-34(52-4)37(21-27)56-19-17-42-41(49)55-7/h10-15,21-24,31,48H,8-9,16-20,25-26H2,1-7H3,(H,42,49). The number of aliphatic hydroxyl groups excluding tert-OH is 1. The first-order valence-electron chi connectivity index (χ1n) is 18.6. The molecular formula is C41H52N6O10. The molecule has 5 aromatic rings. The van der Waals surface area contributed by atoms with Gasteiger partial charge in [-0.1, -0.05) is 19.4 Å². The van der Waals surface area contributed by atoms with Gasteiger partial charge in [0.1, 0.15) is 35.7 Å². The Morgan fingerprint density at radius 3 is 2.07 bits per heavy atom. The molecule has 0 aliphatic carbocycles. The Labute approximate surface area is 332 Å².